The summed E-state index contributed by atoms with van der Waals surface area (Å²) in [5.41, 5.74) is 2.07. The highest BCUT2D eigenvalue weighted by Crippen LogP contribution is 2.14. The zero-order valence-corrected chi connectivity index (χ0v) is 17.3. The third-order valence-corrected chi connectivity index (χ3v) is 4.54. The van der Waals surface area contributed by atoms with Gasteiger partial charge in [-0.2, -0.15) is 0 Å². The van der Waals surface area contributed by atoms with Crippen LogP contribution < -0.4 is 15.4 Å². The molecule has 0 spiro atoms. The van der Waals surface area contributed by atoms with Crippen LogP contribution >= 0.6 is 0 Å². The van der Waals surface area contributed by atoms with Crippen molar-refractivity contribution >= 4 is 23.6 Å². The normalized spacial score (nSPS) is 10.9. The molecule has 0 aliphatic carbocycles. The molecule has 6 heteroatoms. The zero-order valence-electron chi connectivity index (χ0n) is 17.3. The molecule has 0 saturated carbocycles. The summed E-state index contributed by atoms with van der Waals surface area (Å²) in [5, 5.41) is 5.70. The van der Waals surface area contributed by atoms with Crippen LogP contribution in [-0.2, 0) is 4.79 Å². The number of likely N-dealkylation sites (N-methyl/N-ethyl adjacent to an activating group) is 1. The summed E-state index contributed by atoms with van der Waals surface area (Å²) in [6, 6.07) is 14.3. The molecule has 0 aliphatic heterocycles. The Morgan fingerprint density at radius 1 is 1.07 bits per heavy atom. The van der Waals surface area contributed by atoms with Crippen molar-refractivity contribution in [3.63, 3.8) is 0 Å². The van der Waals surface area contributed by atoms with Gasteiger partial charge >= 0.3 is 0 Å². The fourth-order valence-corrected chi connectivity index (χ4v) is 2.78. The molecule has 2 rings (SSSR count). The van der Waals surface area contributed by atoms with Gasteiger partial charge in [-0.15, -0.1) is 0 Å². The van der Waals surface area contributed by atoms with E-state index in [0.717, 1.165) is 30.9 Å². The highest BCUT2D eigenvalue weighted by Gasteiger charge is 2.06. The number of rotatable bonds is 10. The predicted octanol–water partition coefficient (Wildman–Crippen LogP) is 3.42. The average molecular weight is 396 g/mol. The van der Waals surface area contributed by atoms with Gasteiger partial charge in [0.05, 0.1) is 7.11 Å². The van der Waals surface area contributed by atoms with Crippen LogP contribution in [0, 0.1) is 0 Å². The summed E-state index contributed by atoms with van der Waals surface area (Å²) in [7, 11) is 1.60. The molecular weight excluding hydrogens is 366 g/mol. The minimum absolute atomic E-state index is 0.118. The van der Waals surface area contributed by atoms with Gasteiger partial charge in [-0.1, -0.05) is 26.0 Å². The third-order valence-electron chi connectivity index (χ3n) is 4.54. The highest BCUT2D eigenvalue weighted by molar-refractivity contribution is 6.02. The van der Waals surface area contributed by atoms with Crippen LogP contribution in [0.3, 0.4) is 0 Å². The lowest BCUT2D eigenvalue weighted by Crippen LogP contribution is -2.34. The smallest absolute Gasteiger partial charge is 0.251 e. The second-order valence-corrected chi connectivity index (χ2v) is 6.46. The van der Waals surface area contributed by atoms with Crippen LogP contribution in [0.2, 0.25) is 0 Å². The average Bonchev–Trinajstić information content (AvgIpc) is 2.76. The topological polar surface area (TPSA) is 70.7 Å². The summed E-state index contributed by atoms with van der Waals surface area (Å²) in [6.07, 6.45) is 3.18. The number of carbonyl (C=O) groups excluding carboxylic acids is 2. The fourth-order valence-electron chi connectivity index (χ4n) is 2.78. The first-order valence-corrected chi connectivity index (χ1v) is 9.79. The molecule has 6 nitrogen and oxygen atoms in total. The quantitative estimate of drug-likeness (QED) is 0.605. The largest absolute Gasteiger partial charge is 0.497 e. The van der Waals surface area contributed by atoms with Gasteiger partial charge in [0.1, 0.15) is 5.75 Å². The number of carbonyl (C=O) groups is 2. The number of methoxy groups -OCH3 is 1. The molecule has 0 heterocycles. The maximum absolute atomic E-state index is 12.2. The number of nitrogens with one attached hydrogen (secondary N) is 2. The third kappa shape index (κ3) is 7.43. The van der Waals surface area contributed by atoms with E-state index in [-0.39, 0.29) is 11.8 Å². The molecule has 0 fully saturated rings. The zero-order chi connectivity index (χ0) is 21.1. The highest BCUT2D eigenvalue weighted by atomic mass is 16.5. The van der Waals surface area contributed by atoms with E-state index in [1.807, 2.05) is 24.3 Å². The van der Waals surface area contributed by atoms with E-state index >= 15 is 0 Å². The Balaban J connectivity index is 1.85. The molecule has 2 N–H and O–H groups in total. The Morgan fingerprint density at radius 3 is 2.45 bits per heavy atom. The van der Waals surface area contributed by atoms with E-state index in [1.165, 1.54) is 6.08 Å². The Labute approximate surface area is 172 Å². The number of nitrogens with zero attached hydrogens (tertiary/aromatic N) is 1. The Kier molecular flexibility index (Phi) is 8.92. The van der Waals surface area contributed by atoms with Crippen LogP contribution in [0.15, 0.2) is 54.6 Å². The van der Waals surface area contributed by atoms with Gasteiger partial charge in [0.25, 0.3) is 5.91 Å². The van der Waals surface area contributed by atoms with Crippen molar-refractivity contribution in [2.75, 3.05) is 38.6 Å². The van der Waals surface area contributed by atoms with E-state index in [2.05, 4.69) is 29.4 Å². The number of hydrogen-bond donors (Lipinski definition) is 2. The molecule has 0 saturated heterocycles. The number of hydrogen-bond acceptors (Lipinski definition) is 4. The lowest BCUT2D eigenvalue weighted by molar-refractivity contribution is -0.111. The van der Waals surface area contributed by atoms with Crippen molar-refractivity contribution in [1.29, 1.82) is 0 Å². The molecule has 0 bridgehead atoms. The van der Waals surface area contributed by atoms with Gasteiger partial charge in [0.15, 0.2) is 0 Å². The summed E-state index contributed by atoms with van der Waals surface area (Å²) >= 11 is 0. The van der Waals surface area contributed by atoms with Gasteiger partial charge in [-0.25, -0.2) is 0 Å². The van der Waals surface area contributed by atoms with Gasteiger partial charge in [-0.05, 0) is 61.1 Å². The van der Waals surface area contributed by atoms with E-state index in [0.29, 0.717) is 17.8 Å². The molecule has 0 unspecified atom stereocenters. The Bertz CT molecular complexity index is 828. The molecule has 2 aromatic carbocycles. The number of ether oxygens (including phenoxy) is 1. The molecule has 2 amide bonds. The maximum Gasteiger partial charge on any atom is 0.251 e. The first kappa shape index (κ1) is 22.2. The van der Waals surface area contributed by atoms with Gasteiger partial charge in [0.2, 0.25) is 5.91 Å². The first-order valence-electron chi connectivity index (χ1n) is 9.79. The van der Waals surface area contributed by atoms with E-state index in [4.69, 9.17) is 4.74 Å². The Hall–Kier alpha value is -3.12. The summed E-state index contributed by atoms with van der Waals surface area (Å²) in [4.78, 5) is 26.6. The molecule has 2 aromatic rings. The maximum atomic E-state index is 12.2. The standard InChI is InChI=1S/C23H29N3O3/c1-4-26(5-2)16-15-24-23(28)19-10-12-20(13-11-19)25-22(27)14-9-18-7-6-8-21(17-18)29-3/h6-14,17H,4-5,15-16H2,1-3H3,(H,24,28)(H,25,27)/b14-9+. The first-order chi connectivity index (χ1) is 14.0. The summed E-state index contributed by atoms with van der Waals surface area (Å²) < 4.78 is 5.17. The predicted molar refractivity (Wildman–Crippen MR) is 117 cm³/mol. The van der Waals surface area contributed by atoms with Crippen LogP contribution in [0.4, 0.5) is 5.69 Å². The van der Waals surface area contributed by atoms with Gasteiger partial charge < -0.3 is 20.3 Å². The van der Waals surface area contributed by atoms with Crippen LogP contribution in [0.5, 0.6) is 5.75 Å². The summed E-state index contributed by atoms with van der Waals surface area (Å²) in [5.74, 6) is 0.371. The lowest BCUT2D eigenvalue weighted by atomic mass is 10.2. The second-order valence-electron chi connectivity index (χ2n) is 6.46. The number of anilines is 1. The molecule has 0 aromatic heterocycles. The Morgan fingerprint density at radius 2 is 1.79 bits per heavy atom. The summed E-state index contributed by atoms with van der Waals surface area (Å²) in [6.45, 7) is 7.56. The minimum Gasteiger partial charge on any atom is -0.497 e. The number of benzene rings is 2. The molecule has 0 aliphatic rings. The molecule has 29 heavy (non-hydrogen) atoms. The van der Waals surface area contributed by atoms with E-state index in [1.54, 1.807) is 37.5 Å². The molecule has 154 valence electrons. The molecule has 0 radical (unpaired) electrons. The van der Waals surface area contributed by atoms with Crippen molar-refractivity contribution in [2.24, 2.45) is 0 Å². The van der Waals surface area contributed by atoms with Crippen molar-refractivity contribution in [3.05, 3.63) is 65.7 Å². The van der Waals surface area contributed by atoms with E-state index < -0.39 is 0 Å². The van der Waals surface area contributed by atoms with Crippen LogP contribution in [0.25, 0.3) is 6.08 Å². The van der Waals surface area contributed by atoms with E-state index in [9.17, 15) is 9.59 Å². The van der Waals surface area contributed by atoms with Crippen LogP contribution in [-0.4, -0.2) is 50.0 Å². The van der Waals surface area contributed by atoms with Gasteiger partial charge in [-0.3, -0.25) is 9.59 Å². The molecule has 0 atom stereocenters. The van der Waals surface area contributed by atoms with Crippen molar-refractivity contribution in [1.82, 2.24) is 10.2 Å². The lowest BCUT2D eigenvalue weighted by Gasteiger charge is -2.17. The van der Waals surface area contributed by atoms with Crippen molar-refractivity contribution in [2.45, 2.75) is 13.8 Å². The molecular formula is C23H29N3O3. The second kappa shape index (κ2) is 11.7. The monoisotopic (exact) mass is 395 g/mol. The van der Waals surface area contributed by atoms with Gasteiger partial charge in [0, 0.05) is 30.4 Å². The fraction of sp³-hybridized carbons (Fsp3) is 0.304. The van der Waals surface area contributed by atoms with Crippen molar-refractivity contribution in [3.8, 4) is 5.75 Å². The SMILES string of the molecule is CCN(CC)CCNC(=O)c1ccc(NC(=O)/C=C/c2cccc(OC)c2)cc1. The van der Waals surface area contributed by atoms with Crippen LogP contribution in [0.1, 0.15) is 29.8 Å². The van der Waals surface area contributed by atoms with Crippen molar-refractivity contribution < 1.29 is 14.3 Å². The minimum atomic E-state index is -0.246. The number of amides is 2.